The molecular weight excluding hydrogens is 220 g/mol. The van der Waals surface area contributed by atoms with Gasteiger partial charge in [0.15, 0.2) is 5.82 Å². The molecule has 0 spiro atoms. The number of aliphatic imine (C=N–C) groups is 1. The molecule has 1 aromatic heterocycles. The summed E-state index contributed by atoms with van der Waals surface area (Å²) in [4.78, 5) is 9.29. The molecule has 3 rings (SSSR count). The fourth-order valence-corrected chi connectivity index (χ4v) is 3.81. The number of hydrogen-bond donors (Lipinski definition) is 0. The molecule has 1 heterocycles. The van der Waals surface area contributed by atoms with E-state index in [2.05, 4.69) is 24.9 Å². The van der Waals surface area contributed by atoms with Gasteiger partial charge in [0.1, 0.15) is 0 Å². The van der Waals surface area contributed by atoms with Crippen molar-refractivity contribution in [3.63, 3.8) is 0 Å². The van der Waals surface area contributed by atoms with Crippen LogP contribution in [0.1, 0.15) is 44.6 Å². The van der Waals surface area contributed by atoms with Crippen LogP contribution in [0, 0.1) is 24.7 Å². The molecule has 18 heavy (non-hydrogen) atoms. The van der Waals surface area contributed by atoms with Crippen molar-refractivity contribution >= 4 is 11.5 Å². The molecule has 2 fully saturated rings. The standard InChI is InChI=1S/C16H22N2/c1-3-15(14-10-12-6-7-13(14)9-12)18-16-11(2)5-4-8-17-16/h4-5,8,12-14H,3,6-7,9-10H2,1-2H3/b18-15-. The zero-order chi connectivity index (χ0) is 12.5. The Morgan fingerprint density at radius 2 is 2.28 bits per heavy atom. The minimum Gasteiger partial charge on any atom is -0.238 e. The van der Waals surface area contributed by atoms with Gasteiger partial charge in [-0.1, -0.05) is 19.4 Å². The van der Waals surface area contributed by atoms with Crippen molar-refractivity contribution in [3.05, 3.63) is 23.9 Å². The van der Waals surface area contributed by atoms with Crippen molar-refractivity contribution in [2.45, 2.75) is 46.0 Å². The molecule has 2 nitrogen and oxygen atoms in total. The first kappa shape index (κ1) is 11.9. The summed E-state index contributed by atoms with van der Waals surface area (Å²) in [5.74, 6) is 3.58. The van der Waals surface area contributed by atoms with Gasteiger partial charge in [0.2, 0.25) is 0 Å². The lowest BCUT2D eigenvalue weighted by Gasteiger charge is -2.23. The molecule has 0 aliphatic heterocycles. The van der Waals surface area contributed by atoms with E-state index in [0.29, 0.717) is 0 Å². The summed E-state index contributed by atoms with van der Waals surface area (Å²) >= 11 is 0. The third-order valence-corrected chi connectivity index (χ3v) is 4.76. The molecule has 96 valence electrons. The van der Waals surface area contributed by atoms with Crippen molar-refractivity contribution in [3.8, 4) is 0 Å². The molecule has 0 aromatic carbocycles. The van der Waals surface area contributed by atoms with Crippen LogP contribution in [-0.2, 0) is 0 Å². The van der Waals surface area contributed by atoms with Crippen molar-refractivity contribution in [1.82, 2.24) is 4.98 Å². The lowest BCUT2D eigenvalue weighted by Crippen LogP contribution is -2.20. The highest BCUT2D eigenvalue weighted by atomic mass is 14.9. The number of pyridine rings is 1. The van der Waals surface area contributed by atoms with Crippen molar-refractivity contribution in [1.29, 1.82) is 0 Å². The number of aromatic nitrogens is 1. The summed E-state index contributed by atoms with van der Waals surface area (Å²) in [5.41, 5.74) is 2.58. The molecule has 0 radical (unpaired) electrons. The summed E-state index contributed by atoms with van der Waals surface area (Å²) in [6.07, 6.45) is 8.63. The average Bonchev–Trinajstić information content (AvgIpc) is 3.00. The number of aryl methyl sites for hydroxylation is 1. The number of hydrogen-bond acceptors (Lipinski definition) is 2. The minimum atomic E-state index is 0.746. The predicted molar refractivity (Wildman–Crippen MR) is 75.3 cm³/mol. The maximum absolute atomic E-state index is 4.88. The van der Waals surface area contributed by atoms with Gasteiger partial charge in [-0.2, -0.15) is 0 Å². The lowest BCUT2D eigenvalue weighted by atomic mass is 9.84. The third-order valence-electron chi connectivity index (χ3n) is 4.76. The zero-order valence-electron chi connectivity index (χ0n) is 11.4. The van der Waals surface area contributed by atoms with E-state index in [4.69, 9.17) is 4.99 Å². The Morgan fingerprint density at radius 1 is 1.39 bits per heavy atom. The number of nitrogens with zero attached hydrogens (tertiary/aromatic N) is 2. The summed E-state index contributed by atoms with van der Waals surface area (Å²) in [6, 6.07) is 4.08. The fourth-order valence-electron chi connectivity index (χ4n) is 3.81. The molecule has 2 aliphatic carbocycles. The lowest BCUT2D eigenvalue weighted by molar-refractivity contribution is 0.412. The Morgan fingerprint density at radius 3 is 2.89 bits per heavy atom. The number of fused-ring (bicyclic) bond motifs is 2. The van der Waals surface area contributed by atoms with Gasteiger partial charge in [0.25, 0.3) is 0 Å². The topological polar surface area (TPSA) is 25.2 Å². The normalized spacial score (nSPS) is 31.0. The molecule has 3 atom stereocenters. The Labute approximate surface area is 110 Å². The van der Waals surface area contributed by atoms with Crippen molar-refractivity contribution < 1.29 is 0 Å². The van der Waals surface area contributed by atoms with Gasteiger partial charge in [0, 0.05) is 17.8 Å². The summed E-state index contributed by atoms with van der Waals surface area (Å²) in [7, 11) is 0. The van der Waals surface area contributed by atoms with Crippen molar-refractivity contribution in [2.75, 3.05) is 0 Å². The first-order valence-electron chi connectivity index (χ1n) is 7.27. The Bertz CT molecular complexity index is 464. The molecule has 1 aromatic rings. The first-order chi connectivity index (χ1) is 8.78. The molecule has 3 unspecified atom stereocenters. The van der Waals surface area contributed by atoms with Gasteiger partial charge in [-0.25, -0.2) is 9.98 Å². The summed E-state index contributed by atoms with van der Waals surface area (Å²) in [5, 5.41) is 0. The second kappa shape index (κ2) is 4.83. The van der Waals surface area contributed by atoms with Gasteiger partial charge in [-0.3, -0.25) is 0 Å². The molecule has 2 heteroatoms. The predicted octanol–water partition coefficient (Wildman–Crippen LogP) is 4.31. The van der Waals surface area contributed by atoms with E-state index in [1.807, 2.05) is 12.3 Å². The van der Waals surface area contributed by atoms with Gasteiger partial charge in [-0.05, 0) is 56.1 Å². The Balaban J connectivity index is 1.86. The van der Waals surface area contributed by atoms with Gasteiger partial charge in [-0.15, -0.1) is 0 Å². The highest BCUT2D eigenvalue weighted by Crippen LogP contribution is 2.49. The van der Waals surface area contributed by atoms with E-state index in [-0.39, 0.29) is 0 Å². The quantitative estimate of drug-likeness (QED) is 0.725. The second-order valence-corrected chi connectivity index (χ2v) is 5.88. The van der Waals surface area contributed by atoms with E-state index in [0.717, 1.165) is 30.0 Å². The van der Waals surface area contributed by atoms with Crippen LogP contribution in [0.2, 0.25) is 0 Å². The molecular formula is C16H22N2. The van der Waals surface area contributed by atoms with E-state index in [1.54, 1.807) is 0 Å². The average molecular weight is 242 g/mol. The Kier molecular flexibility index (Phi) is 3.19. The van der Waals surface area contributed by atoms with Crippen LogP contribution in [0.25, 0.3) is 0 Å². The molecule has 0 amide bonds. The highest BCUT2D eigenvalue weighted by Gasteiger charge is 2.41. The highest BCUT2D eigenvalue weighted by molar-refractivity contribution is 5.89. The molecule has 2 aliphatic rings. The van der Waals surface area contributed by atoms with Crippen LogP contribution in [0.3, 0.4) is 0 Å². The SMILES string of the molecule is CC/C(=N/c1ncccc1C)C1CC2CCC1C2. The summed E-state index contributed by atoms with van der Waals surface area (Å²) in [6.45, 7) is 4.34. The molecule has 0 N–H and O–H groups in total. The molecule has 0 saturated heterocycles. The van der Waals surface area contributed by atoms with E-state index >= 15 is 0 Å². The fraction of sp³-hybridized carbons (Fsp3) is 0.625. The largest absolute Gasteiger partial charge is 0.238 e. The monoisotopic (exact) mass is 242 g/mol. The van der Waals surface area contributed by atoms with Crippen LogP contribution in [0.5, 0.6) is 0 Å². The first-order valence-corrected chi connectivity index (χ1v) is 7.27. The molecule has 2 bridgehead atoms. The Hall–Kier alpha value is -1.18. The van der Waals surface area contributed by atoms with E-state index in [9.17, 15) is 0 Å². The van der Waals surface area contributed by atoms with Gasteiger partial charge < -0.3 is 0 Å². The van der Waals surface area contributed by atoms with Crippen LogP contribution < -0.4 is 0 Å². The van der Waals surface area contributed by atoms with Crippen molar-refractivity contribution in [2.24, 2.45) is 22.7 Å². The van der Waals surface area contributed by atoms with E-state index < -0.39 is 0 Å². The maximum atomic E-state index is 4.88. The van der Waals surface area contributed by atoms with Gasteiger partial charge >= 0.3 is 0 Å². The molecule has 2 saturated carbocycles. The van der Waals surface area contributed by atoms with Gasteiger partial charge in [0.05, 0.1) is 0 Å². The number of rotatable bonds is 3. The van der Waals surface area contributed by atoms with Crippen LogP contribution in [0.4, 0.5) is 5.82 Å². The zero-order valence-corrected chi connectivity index (χ0v) is 11.4. The minimum absolute atomic E-state index is 0.746. The van der Waals surface area contributed by atoms with Crippen LogP contribution in [-0.4, -0.2) is 10.7 Å². The smallest absolute Gasteiger partial charge is 0.154 e. The van der Waals surface area contributed by atoms with Crippen LogP contribution in [0.15, 0.2) is 23.3 Å². The summed E-state index contributed by atoms with van der Waals surface area (Å²) < 4.78 is 0. The van der Waals surface area contributed by atoms with Crippen LogP contribution >= 0.6 is 0 Å². The van der Waals surface area contributed by atoms with E-state index in [1.165, 1.54) is 37.0 Å². The third kappa shape index (κ3) is 2.09. The second-order valence-electron chi connectivity index (χ2n) is 5.88. The maximum Gasteiger partial charge on any atom is 0.154 e.